The molecule has 0 spiro atoms. The van der Waals surface area contributed by atoms with Gasteiger partial charge in [-0.2, -0.15) is 0 Å². The molecule has 0 bridgehead atoms. The zero-order chi connectivity index (χ0) is 9.80. The average molecular weight is 186 g/mol. The molecule has 0 amide bonds. The van der Waals surface area contributed by atoms with Gasteiger partial charge < -0.3 is 0 Å². The number of alkyl halides is 1. The minimum atomic E-state index is -0.412. The minimum Gasteiger partial charge on any atom is -0.246 e. The van der Waals surface area contributed by atoms with Crippen molar-refractivity contribution in [1.29, 1.82) is 0 Å². The Labute approximate surface area is 83.0 Å². The van der Waals surface area contributed by atoms with Gasteiger partial charge in [-0.1, -0.05) is 54.6 Å². The van der Waals surface area contributed by atoms with E-state index in [2.05, 4.69) is 0 Å². The summed E-state index contributed by atoms with van der Waals surface area (Å²) in [5.74, 6) is 0. The number of hydrogen-bond acceptors (Lipinski definition) is 0. The molecule has 0 radical (unpaired) electrons. The van der Waals surface area contributed by atoms with Gasteiger partial charge in [0.2, 0.25) is 0 Å². The summed E-state index contributed by atoms with van der Waals surface area (Å²) in [5, 5.41) is 0. The van der Waals surface area contributed by atoms with E-state index in [1.54, 1.807) is 0 Å². The van der Waals surface area contributed by atoms with Crippen LogP contribution in [0.3, 0.4) is 0 Å². The monoisotopic (exact) mass is 186 g/mol. The summed E-state index contributed by atoms with van der Waals surface area (Å²) in [5.41, 5.74) is 2.80. The van der Waals surface area contributed by atoms with Gasteiger partial charge >= 0.3 is 0 Å². The van der Waals surface area contributed by atoms with Gasteiger partial charge in [0.05, 0.1) is 0 Å². The number of halogens is 1. The van der Waals surface area contributed by atoms with E-state index in [1.165, 1.54) is 0 Å². The highest BCUT2D eigenvalue weighted by atomic mass is 19.1. The van der Waals surface area contributed by atoms with Crippen LogP contribution in [0.25, 0.3) is 11.1 Å². The van der Waals surface area contributed by atoms with Gasteiger partial charge in [-0.25, -0.2) is 4.39 Å². The Morgan fingerprint density at radius 1 is 0.786 bits per heavy atom. The van der Waals surface area contributed by atoms with E-state index >= 15 is 0 Å². The van der Waals surface area contributed by atoms with Gasteiger partial charge in [-0.3, -0.25) is 0 Å². The van der Waals surface area contributed by atoms with Gasteiger partial charge in [-0.05, 0) is 16.7 Å². The van der Waals surface area contributed by atoms with Crippen molar-refractivity contribution >= 4 is 0 Å². The molecule has 0 nitrogen and oxygen atoms in total. The largest absolute Gasteiger partial charge is 0.246 e. The Balaban J connectivity index is 2.51. The normalized spacial score (nSPS) is 10.1. The highest BCUT2D eigenvalue weighted by molar-refractivity contribution is 5.66. The van der Waals surface area contributed by atoms with Crippen LogP contribution in [0, 0.1) is 0 Å². The van der Waals surface area contributed by atoms with E-state index in [4.69, 9.17) is 0 Å². The molecule has 0 unspecified atom stereocenters. The predicted octanol–water partition coefficient (Wildman–Crippen LogP) is 3.82. The summed E-state index contributed by atoms with van der Waals surface area (Å²) in [4.78, 5) is 0. The smallest absolute Gasteiger partial charge is 0.115 e. The second kappa shape index (κ2) is 4.05. The highest BCUT2D eigenvalue weighted by Gasteiger charge is 2.02. The third kappa shape index (κ3) is 1.67. The Hall–Kier alpha value is -1.63. The van der Waals surface area contributed by atoms with Crippen LogP contribution in [0.5, 0.6) is 0 Å². The zero-order valence-electron chi connectivity index (χ0n) is 7.78. The standard InChI is InChI=1S/C13H11F/c14-10-12-8-4-5-9-13(12)11-6-2-1-3-7-11/h1-9H,10H2. The van der Waals surface area contributed by atoms with E-state index in [9.17, 15) is 4.39 Å². The van der Waals surface area contributed by atoms with E-state index in [1.807, 2.05) is 54.6 Å². The van der Waals surface area contributed by atoms with E-state index < -0.39 is 6.67 Å². The third-order valence-electron chi connectivity index (χ3n) is 2.25. The van der Waals surface area contributed by atoms with Crippen LogP contribution in [0.2, 0.25) is 0 Å². The molecule has 0 fully saturated rings. The van der Waals surface area contributed by atoms with Crippen molar-refractivity contribution < 1.29 is 4.39 Å². The first kappa shape index (κ1) is 8.95. The van der Waals surface area contributed by atoms with Gasteiger partial charge in [0.25, 0.3) is 0 Å². The Morgan fingerprint density at radius 2 is 1.43 bits per heavy atom. The Bertz CT molecular complexity index is 407. The van der Waals surface area contributed by atoms with Gasteiger partial charge in [0, 0.05) is 0 Å². The maximum absolute atomic E-state index is 12.7. The van der Waals surface area contributed by atoms with E-state index in [0.29, 0.717) is 0 Å². The maximum atomic E-state index is 12.7. The molecule has 2 aromatic carbocycles. The second-order valence-corrected chi connectivity index (χ2v) is 3.16. The molecule has 0 aliphatic carbocycles. The summed E-state index contributed by atoms with van der Waals surface area (Å²) in [6.07, 6.45) is 0. The summed E-state index contributed by atoms with van der Waals surface area (Å²) in [7, 11) is 0. The van der Waals surface area contributed by atoms with Crippen molar-refractivity contribution in [2.45, 2.75) is 6.67 Å². The molecule has 70 valence electrons. The predicted molar refractivity (Wildman–Crippen MR) is 56.7 cm³/mol. The molecule has 2 aromatic rings. The van der Waals surface area contributed by atoms with E-state index in [0.717, 1.165) is 16.7 Å². The first-order valence-corrected chi connectivity index (χ1v) is 4.61. The van der Waals surface area contributed by atoms with Crippen LogP contribution in [-0.2, 0) is 6.67 Å². The van der Waals surface area contributed by atoms with E-state index in [-0.39, 0.29) is 0 Å². The SMILES string of the molecule is FCc1ccccc1-c1ccccc1. The Morgan fingerprint density at radius 3 is 2.14 bits per heavy atom. The number of benzene rings is 2. The van der Waals surface area contributed by atoms with Crippen LogP contribution in [-0.4, -0.2) is 0 Å². The molecular weight excluding hydrogens is 175 g/mol. The zero-order valence-corrected chi connectivity index (χ0v) is 7.78. The summed E-state index contributed by atoms with van der Waals surface area (Å²) in [6, 6.07) is 17.4. The molecule has 2 rings (SSSR count). The van der Waals surface area contributed by atoms with Crippen molar-refractivity contribution in [1.82, 2.24) is 0 Å². The van der Waals surface area contributed by atoms with Crippen molar-refractivity contribution in [2.75, 3.05) is 0 Å². The summed E-state index contributed by atoms with van der Waals surface area (Å²) >= 11 is 0. The Kier molecular flexibility index (Phi) is 2.59. The lowest BCUT2D eigenvalue weighted by molar-refractivity contribution is 0.486. The minimum absolute atomic E-state index is 0.412. The first-order chi connectivity index (χ1) is 6.92. The lowest BCUT2D eigenvalue weighted by Gasteiger charge is -2.05. The molecule has 0 saturated carbocycles. The van der Waals surface area contributed by atoms with Crippen LogP contribution >= 0.6 is 0 Å². The fourth-order valence-corrected chi connectivity index (χ4v) is 1.54. The van der Waals surface area contributed by atoms with Gasteiger partial charge in [0.1, 0.15) is 6.67 Å². The molecule has 0 aromatic heterocycles. The number of rotatable bonds is 2. The van der Waals surface area contributed by atoms with Crippen molar-refractivity contribution in [3.05, 3.63) is 60.2 Å². The van der Waals surface area contributed by atoms with Crippen LogP contribution in [0.4, 0.5) is 4.39 Å². The topological polar surface area (TPSA) is 0 Å². The second-order valence-electron chi connectivity index (χ2n) is 3.16. The van der Waals surface area contributed by atoms with Gasteiger partial charge in [-0.15, -0.1) is 0 Å². The van der Waals surface area contributed by atoms with Crippen molar-refractivity contribution in [2.24, 2.45) is 0 Å². The summed E-state index contributed by atoms with van der Waals surface area (Å²) in [6.45, 7) is -0.412. The molecule has 0 saturated heterocycles. The van der Waals surface area contributed by atoms with Crippen molar-refractivity contribution in [3.8, 4) is 11.1 Å². The molecular formula is C13H11F. The quantitative estimate of drug-likeness (QED) is 0.668. The molecule has 0 atom stereocenters. The van der Waals surface area contributed by atoms with Crippen LogP contribution < -0.4 is 0 Å². The fourth-order valence-electron chi connectivity index (χ4n) is 1.54. The molecule has 14 heavy (non-hydrogen) atoms. The van der Waals surface area contributed by atoms with Crippen molar-refractivity contribution in [3.63, 3.8) is 0 Å². The number of hydrogen-bond donors (Lipinski definition) is 0. The fraction of sp³-hybridized carbons (Fsp3) is 0.0769. The molecule has 0 N–H and O–H groups in total. The third-order valence-corrected chi connectivity index (χ3v) is 2.25. The van der Waals surface area contributed by atoms with Crippen LogP contribution in [0.1, 0.15) is 5.56 Å². The maximum Gasteiger partial charge on any atom is 0.115 e. The molecule has 0 heterocycles. The summed E-state index contributed by atoms with van der Waals surface area (Å²) < 4.78 is 12.7. The molecule has 0 aliphatic rings. The van der Waals surface area contributed by atoms with Crippen LogP contribution in [0.15, 0.2) is 54.6 Å². The molecule has 0 aliphatic heterocycles. The average Bonchev–Trinajstić information content (AvgIpc) is 2.30. The highest BCUT2D eigenvalue weighted by Crippen LogP contribution is 2.23. The lowest BCUT2D eigenvalue weighted by atomic mass is 10.0. The lowest BCUT2D eigenvalue weighted by Crippen LogP contribution is -1.85. The van der Waals surface area contributed by atoms with Gasteiger partial charge in [0.15, 0.2) is 0 Å². The first-order valence-electron chi connectivity index (χ1n) is 4.61. The molecule has 1 heteroatoms.